The van der Waals surface area contributed by atoms with Gasteiger partial charge in [-0.25, -0.2) is 0 Å². The lowest BCUT2D eigenvalue weighted by atomic mass is 9.96. The van der Waals surface area contributed by atoms with Crippen molar-refractivity contribution in [1.29, 1.82) is 0 Å². The summed E-state index contributed by atoms with van der Waals surface area (Å²) in [7, 11) is 0. The SMILES string of the molecule is CC[C@@H]1COC(C)(C)O[C@@H]1CCO. The maximum atomic E-state index is 8.88. The Hall–Kier alpha value is -0.120. The third-order valence-corrected chi connectivity index (χ3v) is 2.54. The van der Waals surface area contributed by atoms with Gasteiger partial charge in [-0.05, 0) is 26.7 Å². The molecule has 1 aliphatic heterocycles. The standard InChI is InChI=1S/C10H20O3/c1-4-8-7-12-10(2,3)13-9(8)5-6-11/h8-9,11H,4-7H2,1-3H3/t8-,9-/m1/s1. The number of ether oxygens (including phenoxy) is 2. The van der Waals surface area contributed by atoms with Gasteiger partial charge in [0.2, 0.25) is 0 Å². The number of hydrogen-bond acceptors (Lipinski definition) is 3. The fraction of sp³-hybridized carbons (Fsp3) is 1.00. The Bertz CT molecular complexity index is 156. The van der Waals surface area contributed by atoms with Gasteiger partial charge in [-0.3, -0.25) is 0 Å². The lowest BCUT2D eigenvalue weighted by molar-refractivity contribution is -0.294. The van der Waals surface area contributed by atoms with Gasteiger partial charge in [-0.15, -0.1) is 0 Å². The van der Waals surface area contributed by atoms with E-state index in [9.17, 15) is 0 Å². The van der Waals surface area contributed by atoms with Crippen LogP contribution in [0.2, 0.25) is 0 Å². The first-order valence-corrected chi connectivity index (χ1v) is 5.01. The van der Waals surface area contributed by atoms with E-state index in [1.807, 2.05) is 13.8 Å². The first kappa shape index (κ1) is 11.0. The van der Waals surface area contributed by atoms with E-state index in [4.69, 9.17) is 14.6 Å². The van der Waals surface area contributed by atoms with Crippen molar-refractivity contribution in [1.82, 2.24) is 0 Å². The van der Waals surface area contributed by atoms with Crippen molar-refractivity contribution in [3.8, 4) is 0 Å². The van der Waals surface area contributed by atoms with E-state index < -0.39 is 5.79 Å². The van der Waals surface area contributed by atoms with Crippen molar-refractivity contribution in [2.24, 2.45) is 5.92 Å². The van der Waals surface area contributed by atoms with E-state index in [2.05, 4.69) is 6.92 Å². The van der Waals surface area contributed by atoms with Crippen LogP contribution >= 0.6 is 0 Å². The van der Waals surface area contributed by atoms with Gasteiger partial charge >= 0.3 is 0 Å². The molecule has 0 unspecified atom stereocenters. The topological polar surface area (TPSA) is 38.7 Å². The molecule has 1 fully saturated rings. The zero-order chi connectivity index (χ0) is 9.90. The fourth-order valence-electron chi connectivity index (χ4n) is 1.71. The quantitative estimate of drug-likeness (QED) is 0.730. The van der Waals surface area contributed by atoms with Gasteiger partial charge in [0.1, 0.15) is 0 Å². The molecule has 0 saturated carbocycles. The predicted octanol–water partition coefficient (Wildman–Crippen LogP) is 1.55. The van der Waals surface area contributed by atoms with Gasteiger partial charge in [0.05, 0.1) is 12.7 Å². The molecule has 0 radical (unpaired) electrons. The maximum Gasteiger partial charge on any atom is 0.163 e. The highest BCUT2D eigenvalue weighted by molar-refractivity contribution is 4.76. The number of rotatable bonds is 3. The molecule has 0 spiro atoms. The van der Waals surface area contributed by atoms with E-state index >= 15 is 0 Å². The average Bonchev–Trinajstić information content (AvgIpc) is 2.04. The summed E-state index contributed by atoms with van der Waals surface area (Å²) in [5, 5.41) is 8.88. The Morgan fingerprint density at radius 1 is 1.46 bits per heavy atom. The Morgan fingerprint density at radius 3 is 2.69 bits per heavy atom. The maximum absolute atomic E-state index is 8.88. The second-order valence-corrected chi connectivity index (χ2v) is 4.05. The highest BCUT2D eigenvalue weighted by atomic mass is 16.7. The van der Waals surface area contributed by atoms with Gasteiger partial charge in [-0.2, -0.15) is 0 Å². The van der Waals surface area contributed by atoms with Gasteiger partial charge in [-0.1, -0.05) is 6.92 Å². The Morgan fingerprint density at radius 2 is 2.15 bits per heavy atom. The highest BCUT2D eigenvalue weighted by Gasteiger charge is 2.34. The molecule has 1 rings (SSSR count). The molecule has 0 aromatic heterocycles. The molecule has 2 atom stereocenters. The summed E-state index contributed by atoms with van der Waals surface area (Å²) >= 11 is 0. The zero-order valence-electron chi connectivity index (χ0n) is 8.75. The van der Waals surface area contributed by atoms with Crippen molar-refractivity contribution in [3.05, 3.63) is 0 Å². The molecule has 1 saturated heterocycles. The van der Waals surface area contributed by atoms with E-state index in [1.165, 1.54) is 0 Å². The Kier molecular flexibility index (Phi) is 3.71. The molecule has 1 aliphatic rings. The minimum Gasteiger partial charge on any atom is -0.396 e. The van der Waals surface area contributed by atoms with Crippen LogP contribution in [-0.4, -0.2) is 30.2 Å². The van der Waals surface area contributed by atoms with E-state index in [-0.39, 0.29) is 12.7 Å². The summed E-state index contributed by atoms with van der Waals surface area (Å²) in [5.74, 6) is -0.0499. The molecule has 0 amide bonds. The Labute approximate surface area is 80.0 Å². The molecule has 1 N–H and O–H groups in total. The molecule has 3 heteroatoms. The van der Waals surface area contributed by atoms with Crippen LogP contribution in [0.4, 0.5) is 0 Å². The minimum atomic E-state index is -0.481. The molecule has 0 aliphatic carbocycles. The van der Waals surface area contributed by atoms with Crippen molar-refractivity contribution >= 4 is 0 Å². The van der Waals surface area contributed by atoms with Gasteiger partial charge in [0, 0.05) is 12.5 Å². The first-order valence-electron chi connectivity index (χ1n) is 5.01. The van der Waals surface area contributed by atoms with Crippen LogP contribution in [0, 0.1) is 5.92 Å². The lowest BCUT2D eigenvalue weighted by Gasteiger charge is -2.40. The second-order valence-electron chi connectivity index (χ2n) is 4.05. The normalized spacial score (nSPS) is 33.2. The summed E-state index contributed by atoms with van der Waals surface area (Å²) in [6.07, 6.45) is 1.91. The first-order chi connectivity index (χ1) is 6.09. The summed E-state index contributed by atoms with van der Waals surface area (Å²) in [6.45, 7) is 6.90. The van der Waals surface area contributed by atoms with Gasteiger partial charge in [0.15, 0.2) is 5.79 Å². The largest absolute Gasteiger partial charge is 0.396 e. The summed E-state index contributed by atoms with van der Waals surface area (Å²) < 4.78 is 11.3. The predicted molar refractivity (Wildman–Crippen MR) is 50.4 cm³/mol. The molecule has 13 heavy (non-hydrogen) atoms. The third kappa shape index (κ3) is 2.93. The number of aliphatic hydroxyl groups is 1. The van der Waals surface area contributed by atoms with Crippen molar-refractivity contribution in [2.75, 3.05) is 13.2 Å². The van der Waals surface area contributed by atoms with Crippen LogP contribution in [0.3, 0.4) is 0 Å². The molecule has 0 aromatic carbocycles. The van der Waals surface area contributed by atoms with Crippen LogP contribution in [0.15, 0.2) is 0 Å². The van der Waals surface area contributed by atoms with Crippen LogP contribution < -0.4 is 0 Å². The van der Waals surface area contributed by atoms with Crippen LogP contribution in [-0.2, 0) is 9.47 Å². The van der Waals surface area contributed by atoms with Crippen LogP contribution in [0.25, 0.3) is 0 Å². The molecular weight excluding hydrogens is 168 g/mol. The number of aliphatic hydroxyl groups excluding tert-OH is 1. The zero-order valence-corrected chi connectivity index (χ0v) is 8.75. The molecular formula is C10H20O3. The molecule has 3 nitrogen and oxygen atoms in total. The average molecular weight is 188 g/mol. The van der Waals surface area contributed by atoms with Crippen molar-refractivity contribution in [2.45, 2.75) is 45.5 Å². The second kappa shape index (κ2) is 4.40. The monoisotopic (exact) mass is 188 g/mol. The number of hydrogen-bond donors (Lipinski definition) is 1. The molecule has 78 valence electrons. The lowest BCUT2D eigenvalue weighted by Crippen LogP contribution is -2.45. The fourth-order valence-corrected chi connectivity index (χ4v) is 1.71. The van der Waals surface area contributed by atoms with Gasteiger partial charge < -0.3 is 14.6 Å². The summed E-state index contributed by atoms with van der Waals surface area (Å²) in [6, 6.07) is 0. The molecule has 1 heterocycles. The minimum absolute atomic E-state index is 0.152. The van der Waals surface area contributed by atoms with Crippen molar-refractivity contribution < 1.29 is 14.6 Å². The highest BCUT2D eigenvalue weighted by Crippen LogP contribution is 2.29. The van der Waals surface area contributed by atoms with Crippen LogP contribution in [0.1, 0.15) is 33.6 Å². The molecule has 0 aromatic rings. The Balaban J connectivity index is 2.52. The summed E-state index contributed by atoms with van der Waals surface area (Å²) in [4.78, 5) is 0. The smallest absolute Gasteiger partial charge is 0.163 e. The van der Waals surface area contributed by atoms with Crippen molar-refractivity contribution in [3.63, 3.8) is 0 Å². The van der Waals surface area contributed by atoms with E-state index in [1.54, 1.807) is 0 Å². The van der Waals surface area contributed by atoms with E-state index in [0.717, 1.165) is 13.0 Å². The third-order valence-electron chi connectivity index (χ3n) is 2.54. The van der Waals surface area contributed by atoms with Crippen LogP contribution in [0.5, 0.6) is 0 Å². The summed E-state index contributed by atoms with van der Waals surface area (Å²) in [5.41, 5.74) is 0. The molecule has 0 bridgehead atoms. The van der Waals surface area contributed by atoms with E-state index in [0.29, 0.717) is 12.3 Å². The van der Waals surface area contributed by atoms with Gasteiger partial charge in [0.25, 0.3) is 0 Å².